The Kier molecular flexibility index (Phi) is 2.97. The fourth-order valence-electron chi connectivity index (χ4n) is 1.61. The maximum absolute atomic E-state index is 11.8. The molecule has 0 fully saturated rings. The zero-order valence-electron chi connectivity index (χ0n) is 9.20. The molecule has 2 aromatic rings. The molecule has 16 heavy (non-hydrogen) atoms. The lowest BCUT2D eigenvalue weighted by Crippen LogP contribution is -2.21. The van der Waals surface area contributed by atoms with Crippen LogP contribution in [0.2, 0.25) is 0 Å². The molecule has 2 nitrogen and oxygen atoms in total. The van der Waals surface area contributed by atoms with Crippen molar-refractivity contribution in [1.82, 2.24) is 4.90 Å². The van der Waals surface area contributed by atoms with Crippen LogP contribution in [-0.2, 0) is 0 Å². The number of benzene rings is 2. The van der Waals surface area contributed by atoms with Gasteiger partial charge in [-0.05, 0) is 35.0 Å². The van der Waals surface area contributed by atoms with Crippen LogP contribution in [0.1, 0.15) is 10.4 Å². The van der Waals surface area contributed by atoms with E-state index in [2.05, 4.69) is 15.9 Å². The molecule has 2 rings (SSSR count). The van der Waals surface area contributed by atoms with Crippen LogP contribution in [0.4, 0.5) is 0 Å². The van der Waals surface area contributed by atoms with E-state index in [1.807, 2.05) is 36.4 Å². The molecule has 0 aromatic heterocycles. The number of rotatable bonds is 1. The molecule has 0 spiro atoms. The molecule has 0 atom stereocenters. The molecule has 0 saturated carbocycles. The first-order valence-electron chi connectivity index (χ1n) is 4.99. The smallest absolute Gasteiger partial charge is 0.253 e. The summed E-state index contributed by atoms with van der Waals surface area (Å²) >= 11 is 3.43. The minimum absolute atomic E-state index is 0.0322. The first-order valence-corrected chi connectivity index (χ1v) is 5.78. The van der Waals surface area contributed by atoms with Crippen LogP contribution in [0, 0.1) is 0 Å². The summed E-state index contributed by atoms with van der Waals surface area (Å²) in [6.07, 6.45) is 0. The molecule has 2 aromatic carbocycles. The first-order chi connectivity index (χ1) is 7.58. The van der Waals surface area contributed by atoms with Gasteiger partial charge in [0.1, 0.15) is 0 Å². The number of carbonyl (C=O) groups is 1. The van der Waals surface area contributed by atoms with Crippen LogP contribution in [0.25, 0.3) is 10.8 Å². The van der Waals surface area contributed by atoms with E-state index >= 15 is 0 Å². The molecular weight excluding hydrogens is 266 g/mol. The summed E-state index contributed by atoms with van der Waals surface area (Å²) < 4.78 is 1.05. The standard InChI is InChI=1S/C13H12BrNO/c1-15(2)13(16)11-4-3-10-8-12(14)6-5-9(10)7-11/h3-8H,1-2H3. The highest BCUT2D eigenvalue weighted by molar-refractivity contribution is 9.10. The Morgan fingerprint density at radius 2 is 1.69 bits per heavy atom. The normalized spacial score (nSPS) is 10.4. The summed E-state index contributed by atoms with van der Waals surface area (Å²) in [5, 5.41) is 2.21. The van der Waals surface area contributed by atoms with Gasteiger partial charge in [-0.3, -0.25) is 4.79 Å². The number of fused-ring (bicyclic) bond motifs is 1. The molecule has 0 aliphatic rings. The molecule has 82 valence electrons. The molecule has 3 heteroatoms. The predicted molar refractivity (Wildman–Crippen MR) is 69.7 cm³/mol. The monoisotopic (exact) mass is 277 g/mol. The van der Waals surface area contributed by atoms with Crippen LogP contribution in [0.5, 0.6) is 0 Å². The van der Waals surface area contributed by atoms with Crippen molar-refractivity contribution in [3.05, 3.63) is 46.4 Å². The lowest BCUT2D eigenvalue weighted by atomic mass is 10.1. The number of carbonyl (C=O) groups excluding carboxylic acids is 1. The molecule has 0 bridgehead atoms. The van der Waals surface area contributed by atoms with Gasteiger partial charge in [-0.2, -0.15) is 0 Å². The summed E-state index contributed by atoms with van der Waals surface area (Å²) in [6.45, 7) is 0. The molecule has 1 amide bonds. The van der Waals surface area contributed by atoms with Gasteiger partial charge in [-0.1, -0.05) is 28.1 Å². The minimum atomic E-state index is 0.0322. The molecule has 0 heterocycles. The topological polar surface area (TPSA) is 20.3 Å². The highest BCUT2D eigenvalue weighted by Gasteiger charge is 2.07. The Bertz CT molecular complexity index is 549. The molecular formula is C13H12BrNO. The summed E-state index contributed by atoms with van der Waals surface area (Å²) in [5.41, 5.74) is 0.722. The lowest BCUT2D eigenvalue weighted by Gasteiger charge is -2.10. The third kappa shape index (κ3) is 2.09. The van der Waals surface area contributed by atoms with Crippen molar-refractivity contribution in [2.24, 2.45) is 0 Å². The van der Waals surface area contributed by atoms with Crippen LogP contribution < -0.4 is 0 Å². The maximum Gasteiger partial charge on any atom is 0.253 e. The van der Waals surface area contributed by atoms with Gasteiger partial charge in [-0.25, -0.2) is 0 Å². The van der Waals surface area contributed by atoms with Crippen molar-refractivity contribution < 1.29 is 4.79 Å². The van der Waals surface area contributed by atoms with Gasteiger partial charge in [0.2, 0.25) is 0 Å². The van der Waals surface area contributed by atoms with Crippen LogP contribution in [0.15, 0.2) is 40.9 Å². The van der Waals surface area contributed by atoms with Crippen molar-refractivity contribution in [1.29, 1.82) is 0 Å². The molecule has 0 aliphatic carbocycles. The minimum Gasteiger partial charge on any atom is -0.345 e. The zero-order chi connectivity index (χ0) is 11.7. The second-order valence-corrected chi connectivity index (χ2v) is 4.82. The van der Waals surface area contributed by atoms with Gasteiger partial charge < -0.3 is 4.90 Å². The third-order valence-corrected chi connectivity index (χ3v) is 2.95. The average molecular weight is 278 g/mol. The van der Waals surface area contributed by atoms with Gasteiger partial charge in [0.15, 0.2) is 0 Å². The van der Waals surface area contributed by atoms with Crippen molar-refractivity contribution >= 4 is 32.6 Å². The maximum atomic E-state index is 11.8. The highest BCUT2D eigenvalue weighted by Crippen LogP contribution is 2.21. The number of nitrogens with zero attached hydrogens (tertiary/aromatic N) is 1. The van der Waals surface area contributed by atoms with Crippen molar-refractivity contribution in [2.45, 2.75) is 0 Å². The highest BCUT2D eigenvalue weighted by atomic mass is 79.9. The van der Waals surface area contributed by atoms with E-state index in [0.29, 0.717) is 0 Å². The van der Waals surface area contributed by atoms with Gasteiger partial charge in [0, 0.05) is 24.1 Å². The quantitative estimate of drug-likeness (QED) is 0.783. The Labute approximate surface area is 103 Å². The number of hydrogen-bond acceptors (Lipinski definition) is 1. The van der Waals surface area contributed by atoms with Crippen molar-refractivity contribution in [2.75, 3.05) is 14.1 Å². The fraction of sp³-hybridized carbons (Fsp3) is 0.154. The second kappa shape index (κ2) is 4.26. The van der Waals surface area contributed by atoms with Gasteiger partial charge in [-0.15, -0.1) is 0 Å². The van der Waals surface area contributed by atoms with E-state index in [1.165, 1.54) is 0 Å². The Balaban J connectivity index is 2.52. The van der Waals surface area contributed by atoms with Crippen molar-refractivity contribution in [3.63, 3.8) is 0 Å². The summed E-state index contributed by atoms with van der Waals surface area (Å²) in [7, 11) is 3.52. The van der Waals surface area contributed by atoms with Crippen molar-refractivity contribution in [3.8, 4) is 0 Å². The van der Waals surface area contributed by atoms with E-state index in [-0.39, 0.29) is 5.91 Å². The van der Waals surface area contributed by atoms with E-state index in [0.717, 1.165) is 20.8 Å². The van der Waals surface area contributed by atoms with E-state index < -0.39 is 0 Å². The third-order valence-electron chi connectivity index (χ3n) is 2.46. The summed E-state index contributed by atoms with van der Waals surface area (Å²) in [4.78, 5) is 13.4. The van der Waals surface area contributed by atoms with Crippen LogP contribution in [-0.4, -0.2) is 24.9 Å². The zero-order valence-corrected chi connectivity index (χ0v) is 10.8. The average Bonchev–Trinajstić information content (AvgIpc) is 2.27. The van der Waals surface area contributed by atoms with Crippen LogP contribution >= 0.6 is 15.9 Å². The Morgan fingerprint density at radius 3 is 2.38 bits per heavy atom. The molecule has 0 unspecified atom stereocenters. The van der Waals surface area contributed by atoms with Gasteiger partial charge in [0.25, 0.3) is 5.91 Å². The van der Waals surface area contributed by atoms with Gasteiger partial charge >= 0.3 is 0 Å². The lowest BCUT2D eigenvalue weighted by molar-refractivity contribution is 0.0828. The first kappa shape index (κ1) is 11.1. The molecule has 0 aliphatic heterocycles. The number of hydrogen-bond donors (Lipinski definition) is 0. The SMILES string of the molecule is CN(C)C(=O)c1ccc2cc(Br)ccc2c1. The van der Waals surface area contributed by atoms with Gasteiger partial charge in [0.05, 0.1) is 0 Å². The second-order valence-electron chi connectivity index (χ2n) is 3.91. The summed E-state index contributed by atoms with van der Waals surface area (Å²) in [5.74, 6) is 0.0322. The Morgan fingerprint density at radius 1 is 1.06 bits per heavy atom. The molecule has 0 radical (unpaired) electrons. The molecule has 0 N–H and O–H groups in total. The fourth-order valence-corrected chi connectivity index (χ4v) is 1.99. The van der Waals surface area contributed by atoms with E-state index in [1.54, 1.807) is 19.0 Å². The number of amides is 1. The van der Waals surface area contributed by atoms with Crippen LogP contribution in [0.3, 0.4) is 0 Å². The predicted octanol–water partition coefficient (Wildman–Crippen LogP) is 3.30. The van der Waals surface area contributed by atoms with E-state index in [9.17, 15) is 4.79 Å². The Hall–Kier alpha value is -1.35. The number of halogens is 1. The van der Waals surface area contributed by atoms with E-state index in [4.69, 9.17) is 0 Å². The molecule has 0 saturated heterocycles. The summed E-state index contributed by atoms with van der Waals surface area (Å²) in [6, 6.07) is 11.8. The largest absolute Gasteiger partial charge is 0.345 e.